The Balaban J connectivity index is 2.83. The zero-order valence-electron chi connectivity index (χ0n) is 10.1. The lowest BCUT2D eigenvalue weighted by molar-refractivity contribution is 0.218. The van der Waals surface area contributed by atoms with E-state index in [2.05, 4.69) is 33.8 Å². The predicted octanol–water partition coefficient (Wildman–Crippen LogP) is 3.57. The fourth-order valence-corrected chi connectivity index (χ4v) is 1.33. The molecule has 15 heavy (non-hydrogen) atoms. The van der Waals surface area contributed by atoms with E-state index in [9.17, 15) is 0 Å². The smallest absolute Gasteiger partial charge is 0.142 e. The first-order chi connectivity index (χ1) is 7.04. The lowest BCUT2D eigenvalue weighted by atomic mass is 10.0. The molecule has 0 amide bonds. The highest BCUT2D eigenvalue weighted by atomic mass is 16.5. The van der Waals surface area contributed by atoms with Gasteiger partial charge in [-0.1, -0.05) is 26.8 Å². The molecule has 0 radical (unpaired) electrons. The summed E-state index contributed by atoms with van der Waals surface area (Å²) in [5, 5.41) is 0. The molecule has 0 saturated carbocycles. The van der Waals surface area contributed by atoms with Crippen molar-refractivity contribution in [2.75, 3.05) is 5.73 Å². The van der Waals surface area contributed by atoms with Crippen LogP contribution in [0.4, 0.5) is 5.69 Å². The number of ether oxygens (including phenoxy) is 1. The molecule has 1 rings (SSSR count). The Labute approximate surface area is 92.4 Å². The molecular weight excluding hydrogens is 186 g/mol. The van der Waals surface area contributed by atoms with E-state index < -0.39 is 0 Å². The largest absolute Gasteiger partial charge is 0.489 e. The van der Waals surface area contributed by atoms with Crippen molar-refractivity contribution in [2.45, 2.75) is 46.1 Å². The molecule has 0 aromatic heterocycles. The van der Waals surface area contributed by atoms with Gasteiger partial charge in [0.05, 0.1) is 11.8 Å². The predicted molar refractivity (Wildman–Crippen MR) is 65.3 cm³/mol. The van der Waals surface area contributed by atoms with E-state index in [1.165, 1.54) is 5.56 Å². The summed E-state index contributed by atoms with van der Waals surface area (Å²) in [5.41, 5.74) is 7.93. The normalized spacial score (nSPS) is 12.9. The molecule has 0 aliphatic carbocycles. The van der Waals surface area contributed by atoms with Crippen molar-refractivity contribution in [3.05, 3.63) is 23.8 Å². The number of anilines is 1. The molecule has 0 heterocycles. The molecule has 0 fully saturated rings. The van der Waals surface area contributed by atoms with Crippen LogP contribution < -0.4 is 10.5 Å². The van der Waals surface area contributed by atoms with Gasteiger partial charge in [0, 0.05) is 0 Å². The van der Waals surface area contributed by atoms with Crippen LogP contribution in [0.2, 0.25) is 0 Å². The van der Waals surface area contributed by atoms with Gasteiger partial charge in [0.15, 0.2) is 0 Å². The molecule has 2 N–H and O–H groups in total. The molecule has 84 valence electrons. The van der Waals surface area contributed by atoms with E-state index in [-0.39, 0.29) is 6.10 Å². The summed E-state index contributed by atoms with van der Waals surface area (Å²) in [7, 11) is 0. The fourth-order valence-electron chi connectivity index (χ4n) is 1.33. The molecular formula is C13H21NO. The maximum Gasteiger partial charge on any atom is 0.142 e. The Bertz CT molecular complexity index is 320. The molecule has 2 nitrogen and oxygen atoms in total. The number of benzene rings is 1. The molecule has 0 bridgehead atoms. The van der Waals surface area contributed by atoms with Crippen LogP contribution in [0.25, 0.3) is 0 Å². The van der Waals surface area contributed by atoms with Crippen molar-refractivity contribution < 1.29 is 4.74 Å². The van der Waals surface area contributed by atoms with Crippen molar-refractivity contribution in [3.8, 4) is 5.75 Å². The Kier molecular flexibility index (Phi) is 4.01. The minimum absolute atomic E-state index is 0.220. The Morgan fingerprint density at radius 2 is 1.93 bits per heavy atom. The summed E-state index contributed by atoms with van der Waals surface area (Å²) in [5.74, 6) is 1.30. The third kappa shape index (κ3) is 3.15. The van der Waals surface area contributed by atoms with Crippen LogP contribution in [0.3, 0.4) is 0 Å². The van der Waals surface area contributed by atoms with Crippen LogP contribution in [-0.2, 0) is 0 Å². The first-order valence-electron chi connectivity index (χ1n) is 5.60. The van der Waals surface area contributed by atoms with E-state index in [1.807, 2.05) is 12.1 Å². The van der Waals surface area contributed by atoms with Crippen LogP contribution in [0.5, 0.6) is 5.75 Å². The van der Waals surface area contributed by atoms with Crippen molar-refractivity contribution in [3.63, 3.8) is 0 Å². The lowest BCUT2D eigenvalue weighted by Gasteiger charge is -2.15. The summed E-state index contributed by atoms with van der Waals surface area (Å²) in [6.45, 7) is 8.47. The molecule has 0 aliphatic heterocycles. The standard InChI is InChI=1S/C13H21NO/c1-5-10(4)15-13-7-6-11(9(2)3)8-12(13)14/h6-10H,5,14H2,1-4H3. The zero-order chi connectivity index (χ0) is 11.4. The van der Waals surface area contributed by atoms with Crippen molar-refractivity contribution in [1.29, 1.82) is 0 Å². The molecule has 1 aromatic carbocycles. The summed E-state index contributed by atoms with van der Waals surface area (Å²) in [4.78, 5) is 0. The number of rotatable bonds is 4. The van der Waals surface area contributed by atoms with E-state index in [0.717, 1.165) is 17.9 Å². The van der Waals surface area contributed by atoms with E-state index in [0.29, 0.717) is 5.92 Å². The minimum atomic E-state index is 0.220. The molecule has 0 aliphatic rings. The maximum absolute atomic E-state index is 5.94. The second kappa shape index (κ2) is 5.06. The van der Waals surface area contributed by atoms with Crippen LogP contribution >= 0.6 is 0 Å². The molecule has 2 heteroatoms. The molecule has 1 atom stereocenters. The fraction of sp³-hybridized carbons (Fsp3) is 0.538. The lowest BCUT2D eigenvalue weighted by Crippen LogP contribution is -2.11. The van der Waals surface area contributed by atoms with Gasteiger partial charge in [-0.3, -0.25) is 0 Å². The van der Waals surface area contributed by atoms with Crippen LogP contribution in [-0.4, -0.2) is 6.10 Å². The highest BCUT2D eigenvalue weighted by Gasteiger charge is 2.07. The summed E-state index contributed by atoms with van der Waals surface area (Å²) < 4.78 is 5.70. The highest BCUT2D eigenvalue weighted by molar-refractivity contribution is 5.54. The van der Waals surface area contributed by atoms with Gasteiger partial charge in [0.2, 0.25) is 0 Å². The third-order valence-corrected chi connectivity index (χ3v) is 2.60. The first-order valence-corrected chi connectivity index (χ1v) is 5.60. The van der Waals surface area contributed by atoms with E-state index in [1.54, 1.807) is 0 Å². The number of nitrogens with two attached hydrogens (primary N) is 1. The van der Waals surface area contributed by atoms with Gasteiger partial charge in [-0.05, 0) is 37.0 Å². The SMILES string of the molecule is CCC(C)Oc1ccc(C(C)C)cc1N. The first kappa shape index (κ1) is 11.9. The van der Waals surface area contributed by atoms with Crippen LogP contribution in [0, 0.1) is 0 Å². The van der Waals surface area contributed by atoms with E-state index >= 15 is 0 Å². The Morgan fingerprint density at radius 3 is 2.40 bits per heavy atom. The van der Waals surface area contributed by atoms with Gasteiger partial charge in [0.25, 0.3) is 0 Å². The van der Waals surface area contributed by atoms with Crippen molar-refractivity contribution in [2.24, 2.45) is 0 Å². The monoisotopic (exact) mass is 207 g/mol. The maximum atomic E-state index is 5.94. The van der Waals surface area contributed by atoms with Gasteiger partial charge < -0.3 is 10.5 Å². The van der Waals surface area contributed by atoms with Gasteiger partial charge >= 0.3 is 0 Å². The topological polar surface area (TPSA) is 35.2 Å². The Hall–Kier alpha value is -1.18. The van der Waals surface area contributed by atoms with Gasteiger partial charge in [-0.25, -0.2) is 0 Å². The van der Waals surface area contributed by atoms with Crippen LogP contribution in [0.15, 0.2) is 18.2 Å². The minimum Gasteiger partial charge on any atom is -0.489 e. The quantitative estimate of drug-likeness (QED) is 0.766. The number of hydrogen-bond donors (Lipinski definition) is 1. The summed E-state index contributed by atoms with van der Waals surface area (Å²) in [6.07, 6.45) is 1.21. The molecule has 0 spiro atoms. The van der Waals surface area contributed by atoms with Gasteiger partial charge in [0.1, 0.15) is 5.75 Å². The van der Waals surface area contributed by atoms with Crippen molar-refractivity contribution >= 4 is 5.69 Å². The second-order valence-electron chi connectivity index (χ2n) is 4.29. The highest BCUT2D eigenvalue weighted by Crippen LogP contribution is 2.27. The van der Waals surface area contributed by atoms with E-state index in [4.69, 9.17) is 10.5 Å². The summed E-state index contributed by atoms with van der Waals surface area (Å²) >= 11 is 0. The van der Waals surface area contributed by atoms with Gasteiger partial charge in [-0.15, -0.1) is 0 Å². The zero-order valence-corrected chi connectivity index (χ0v) is 10.1. The third-order valence-electron chi connectivity index (χ3n) is 2.60. The number of nitrogen functional groups attached to an aromatic ring is 1. The van der Waals surface area contributed by atoms with Crippen LogP contribution in [0.1, 0.15) is 45.6 Å². The number of hydrogen-bond acceptors (Lipinski definition) is 2. The Morgan fingerprint density at radius 1 is 1.27 bits per heavy atom. The average Bonchev–Trinajstić information content (AvgIpc) is 2.20. The molecule has 1 aromatic rings. The van der Waals surface area contributed by atoms with Gasteiger partial charge in [-0.2, -0.15) is 0 Å². The molecule has 1 unspecified atom stereocenters. The van der Waals surface area contributed by atoms with Crippen molar-refractivity contribution in [1.82, 2.24) is 0 Å². The average molecular weight is 207 g/mol. The summed E-state index contributed by atoms with van der Waals surface area (Å²) in [6, 6.07) is 6.05. The second-order valence-corrected chi connectivity index (χ2v) is 4.29. The molecule has 0 saturated heterocycles.